The van der Waals surface area contributed by atoms with Gasteiger partial charge in [-0.05, 0) is 71.1 Å². The van der Waals surface area contributed by atoms with Gasteiger partial charge in [-0.2, -0.15) is 4.31 Å². The highest BCUT2D eigenvalue weighted by atomic mass is 35.5. The van der Waals surface area contributed by atoms with E-state index in [2.05, 4.69) is 0 Å². The molecule has 0 aromatic heterocycles. The van der Waals surface area contributed by atoms with Crippen molar-refractivity contribution in [1.29, 1.82) is 0 Å². The topological polar surface area (TPSA) is 115 Å². The molecule has 0 aliphatic carbocycles. The van der Waals surface area contributed by atoms with Crippen LogP contribution in [-0.4, -0.2) is 46.5 Å². The highest BCUT2D eigenvalue weighted by molar-refractivity contribution is 7.89. The highest BCUT2D eigenvalue weighted by Crippen LogP contribution is 2.36. The number of hydrogen-bond acceptors (Lipinski definition) is 6. The van der Waals surface area contributed by atoms with Crippen molar-refractivity contribution in [2.24, 2.45) is 0 Å². The number of carbonyl (C=O) groups is 1. The molecule has 11 heteroatoms. The molecule has 0 saturated carbocycles. The van der Waals surface area contributed by atoms with Gasteiger partial charge in [0.2, 0.25) is 10.0 Å². The molecular formula is C31H28Cl2FNO6S. The van der Waals surface area contributed by atoms with Crippen LogP contribution in [0.4, 0.5) is 4.39 Å². The first-order chi connectivity index (χ1) is 20.0. The first-order valence-electron chi connectivity index (χ1n) is 12.9. The lowest BCUT2D eigenvalue weighted by Crippen LogP contribution is -2.30. The zero-order chi connectivity index (χ0) is 30.4. The zero-order valence-electron chi connectivity index (χ0n) is 22.3. The van der Waals surface area contributed by atoms with E-state index in [1.807, 2.05) is 24.3 Å². The summed E-state index contributed by atoms with van der Waals surface area (Å²) in [6.07, 6.45) is -1.34. The SMILES string of the molecule is O=C(CCC(O)CO)c1cc(Cl)c(O)c(S(=O)(=O)N(Cc2ccc(F)cc2)Cc2cccc(-c3ccc(Cl)cc3)c2)c1. The maximum Gasteiger partial charge on any atom is 0.247 e. The second-order valence-electron chi connectivity index (χ2n) is 9.71. The van der Waals surface area contributed by atoms with E-state index in [1.165, 1.54) is 24.3 Å². The molecule has 42 heavy (non-hydrogen) atoms. The average Bonchev–Trinajstić information content (AvgIpc) is 2.98. The van der Waals surface area contributed by atoms with Gasteiger partial charge in [0, 0.05) is 30.1 Å². The van der Waals surface area contributed by atoms with Crippen molar-refractivity contribution >= 4 is 39.0 Å². The molecule has 0 radical (unpaired) electrons. The summed E-state index contributed by atoms with van der Waals surface area (Å²) in [6.45, 7) is -0.828. The number of aliphatic hydroxyl groups is 2. The molecule has 4 rings (SSSR count). The van der Waals surface area contributed by atoms with Gasteiger partial charge in [0.05, 0.1) is 17.7 Å². The molecule has 0 aliphatic rings. The first-order valence-corrected chi connectivity index (χ1v) is 15.1. The number of nitrogens with zero attached hydrogens (tertiary/aromatic N) is 1. The molecule has 3 N–H and O–H groups in total. The second kappa shape index (κ2) is 13.8. The lowest BCUT2D eigenvalue weighted by atomic mass is 10.0. The first kappa shape index (κ1) is 31.6. The second-order valence-corrected chi connectivity index (χ2v) is 12.5. The monoisotopic (exact) mass is 631 g/mol. The van der Waals surface area contributed by atoms with E-state index >= 15 is 0 Å². The third-order valence-corrected chi connectivity index (χ3v) is 8.96. The fourth-order valence-electron chi connectivity index (χ4n) is 4.32. The molecular weight excluding hydrogens is 604 g/mol. The maximum atomic E-state index is 14.1. The summed E-state index contributed by atoms with van der Waals surface area (Å²) in [5.74, 6) is -1.73. The van der Waals surface area contributed by atoms with Gasteiger partial charge in [-0.1, -0.05) is 65.7 Å². The summed E-state index contributed by atoms with van der Waals surface area (Å²) in [5, 5.41) is 29.6. The fourth-order valence-corrected chi connectivity index (χ4v) is 6.27. The molecule has 7 nitrogen and oxygen atoms in total. The van der Waals surface area contributed by atoms with E-state index < -0.39 is 45.0 Å². The Balaban J connectivity index is 1.73. The van der Waals surface area contributed by atoms with Crippen LogP contribution in [0.15, 0.2) is 89.8 Å². The van der Waals surface area contributed by atoms with Gasteiger partial charge >= 0.3 is 0 Å². The average molecular weight is 633 g/mol. The van der Waals surface area contributed by atoms with Crippen molar-refractivity contribution in [3.05, 3.63) is 117 Å². The van der Waals surface area contributed by atoms with Gasteiger partial charge in [-0.15, -0.1) is 0 Å². The summed E-state index contributed by atoms with van der Waals surface area (Å²) in [7, 11) is -4.49. The van der Waals surface area contributed by atoms with Crippen LogP contribution in [0.25, 0.3) is 11.1 Å². The predicted molar refractivity (Wildman–Crippen MR) is 159 cm³/mol. The standard InChI is InChI=1S/C31H28Cl2FNO6S/c32-25-8-6-22(7-9-25)23-3-1-2-21(14-23)18-35(17-20-4-10-26(34)11-5-20)42(40,41)30-16-24(15-28(33)31(30)39)29(38)13-12-27(37)19-36/h1-11,14-16,27,36-37,39H,12-13,17-19H2. The lowest BCUT2D eigenvalue weighted by Gasteiger charge is -2.24. The van der Waals surface area contributed by atoms with Crippen molar-refractivity contribution in [1.82, 2.24) is 4.31 Å². The van der Waals surface area contributed by atoms with Gasteiger partial charge < -0.3 is 15.3 Å². The molecule has 0 amide bonds. The van der Waals surface area contributed by atoms with Crippen LogP contribution in [0.1, 0.15) is 34.3 Å². The fraction of sp³-hybridized carbons (Fsp3) is 0.194. The summed E-state index contributed by atoms with van der Waals surface area (Å²) in [6, 6.07) is 22.0. The van der Waals surface area contributed by atoms with E-state index in [0.29, 0.717) is 16.1 Å². The largest absolute Gasteiger partial charge is 0.505 e. The number of sulfonamides is 1. The number of rotatable bonds is 12. The van der Waals surface area contributed by atoms with Crippen LogP contribution in [0.5, 0.6) is 5.75 Å². The maximum absolute atomic E-state index is 14.1. The molecule has 0 spiro atoms. The Bertz CT molecular complexity index is 1660. The molecule has 4 aromatic carbocycles. The Kier molecular flexibility index (Phi) is 10.4. The minimum absolute atomic E-state index is 0.0451. The quantitative estimate of drug-likeness (QED) is 0.160. The molecule has 220 valence electrons. The van der Waals surface area contributed by atoms with E-state index in [-0.39, 0.29) is 36.5 Å². The van der Waals surface area contributed by atoms with Gasteiger partial charge in [-0.3, -0.25) is 4.79 Å². The third kappa shape index (κ3) is 7.74. The number of Topliss-reactive ketones (excluding diaryl/α,β-unsaturated/α-hetero) is 1. The van der Waals surface area contributed by atoms with Crippen LogP contribution in [0.2, 0.25) is 10.0 Å². The van der Waals surface area contributed by atoms with Crippen LogP contribution in [0, 0.1) is 5.82 Å². The Labute approximate surface area is 253 Å². The van der Waals surface area contributed by atoms with Crippen molar-refractivity contribution in [3.63, 3.8) is 0 Å². The number of carbonyl (C=O) groups excluding carboxylic acids is 1. The van der Waals surface area contributed by atoms with E-state index in [9.17, 15) is 27.8 Å². The van der Waals surface area contributed by atoms with Crippen LogP contribution in [0.3, 0.4) is 0 Å². The number of hydrogen-bond donors (Lipinski definition) is 3. The van der Waals surface area contributed by atoms with Crippen LogP contribution >= 0.6 is 23.2 Å². The van der Waals surface area contributed by atoms with Crippen LogP contribution < -0.4 is 0 Å². The smallest absolute Gasteiger partial charge is 0.247 e. The normalized spacial score (nSPS) is 12.4. The van der Waals surface area contributed by atoms with Crippen molar-refractivity contribution in [2.45, 2.75) is 36.9 Å². The Morgan fingerprint density at radius 1 is 0.881 bits per heavy atom. The predicted octanol–water partition coefficient (Wildman–Crippen LogP) is 6.21. The number of aromatic hydroxyl groups is 1. The van der Waals surface area contributed by atoms with Crippen molar-refractivity contribution < 1.29 is 32.9 Å². The van der Waals surface area contributed by atoms with Gasteiger partial charge in [0.25, 0.3) is 0 Å². The molecule has 1 atom stereocenters. The third-order valence-electron chi connectivity index (χ3n) is 6.62. The molecule has 0 aliphatic heterocycles. The van der Waals surface area contributed by atoms with Gasteiger partial charge in [-0.25, -0.2) is 12.8 Å². The Morgan fingerprint density at radius 2 is 1.55 bits per heavy atom. The number of benzene rings is 4. The number of ketones is 1. The summed E-state index contributed by atoms with van der Waals surface area (Å²) in [5.41, 5.74) is 2.74. The number of aliphatic hydroxyl groups excluding tert-OH is 2. The summed E-state index contributed by atoms with van der Waals surface area (Å²) < 4.78 is 42.9. The lowest BCUT2D eigenvalue weighted by molar-refractivity contribution is 0.0779. The molecule has 0 saturated heterocycles. The summed E-state index contributed by atoms with van der Waals surface area (Å²) in [4.78, 5) is 12.2. The summed E-state index contributed by atoms with van der Waals surface area (Å²) >= 11 is 12.2. The van der Waals surface area contributed by atoms with Gasteiger partial charge in [0.15, 0.2) is 11.5 Å². The zero-order valence-corrected chi connectivity index (χ0v) is 24.6. The van der Waals surface area contributed by atoms with Crippen molar-refractivity contribution in [2.75, 3.05) is 6.61 Å². The Morgan fingerprint density at radius 3 is 2.21 bits per heavy atom. The van der Waals surface area contributed by atoms with E-state index in [1.54, 1.807) is 24.3 Å². The van der Waals surface area contributed by atoms with E-state index in [0.717, 1.165) is 27.6 Å². The minimum Gasteiger partial charge on any atom is -0.505 e. The van der Waals surface area contributed by atoms with Gasteiger partial charge in [0.1, 0.15) is 10.7 Å². The highest BCUT2D eigenvalue weighted by Gasteiger charge is 2.30. The number of phenolic OH excluding ortho intramolecular Hbond substituents is 1. The molecule has 0 fully saturated rings. The Hall–Kier alpha value is -3.31. The molecule has 4 aromatic rings. The molecule has 0 heterocycles. The minimum atomic E-state index is -4.49. The molecule has 1 unspecified atom stereocenters. The van der Waals surface area contributed by atoms with Crippen LogP contribution in [-0.2, 0) is 23.1 Å². The van der Waals surface area contributed by atoms with E-state index in [4.69, 9.17) is 28.3 Å². The number of halogens is 3. The van der Waals surface area contributed by atoms with Crippen molar-refractivity contribution in [3.8, 4) is 16.9 Å². The molecule has 0 bridgehead atoms. The number of phenols is 1.